The first-order valence-corrected chi connectivity index (χ1v) is 6.41. The number of benzene rings is 1. The molecule has 1 atom stereocenters. The predicted octanol–water partition coefficient (Wildman–Crippen LogP) is 2.69. The first-order chi connectivity index (χ1) is 7.84. The number of nitrogens with zero attached hydrogens (tertiary/aromatic N) is 1. The van der Waals surface area contributed by atoms with Gasteiger partial charge < -0.3 is 5.32 Å². The van der Waals surface area contributed by atoms with Crippen molar-refractivity contribution in [3.8, 4) is 0 Å². The van der Waals surface area contributed by atoms with Crippen LogP contribution >= 0.6 is 11.3 Å². The fourth-order valence-corrected chi connectivity index (χ4v) is 3.31. The Morgan fingerprint density at radius 2 is 2.12 bits per heavy atom. The van der Waals surface area contributed by atoms with Crippen LogP contribution < -0.4 is 5.32 Å². The van der Waals surface area contributed by atoms with Gasteiger partial charge in [0, 0.05) is 17.8 Å². The Kier molecular flexibility index (Phi) is 2.50. The summed E-state index contributed by atoms with van der Waals surface area (Å²) in [5.74, 6) is 0. The maximum absolute atomic E-state index is 4.61. The van der Waals surface area contributed by atoms with Gasteiger partial charge in [-0.2, -0.15) is 0 Å². The number of fused-ring (bicyclic) bond motifs is 1. The molecular weight excluding hydrogens is 216 g/mol. The molecule has 16 heavy (non-hydrogen) atoms. The maximum Gasteiger partial charge on any atom is 0.0900 e. The average Bonchev–Trinajstić information content (AvgIpc) is 2.70. The first kappa shape index (κ1) is 10.00. The van der Waals surface area contributed by atoms with E-state index in [9.17, 15) is 0 Å². The van der Waals surface area contributed by atoms with Crippen LogP contribution in [-0.2, 0) is 6.42 Å². The summed E-state index contributed by atoms with van der Waals surface area (Å²) in [7, 11) is 0. The molecule has 3 rings (SSSR count). The highest BCUT2D eigenvalue weighted by atomic mass is 32.1. The van der Waals surface area contributed by atoms with Crippen LogP contribution in [0.1, 0.15) is 27.2 Å². The minimum atomic E-state index is 0.344. The quantitative estimate of drug-likeness (QED) is 0.814. The van der Waals surface area contributed by atoms with Gasteiger partial charge in [0.25, 0.3) is 0 Å². The lowest BCUT2D eigenvalue weighted by Crippen LogP contribution is -2.29. The molecule has 82 valence electrons. The Labute approximate surface area is 99.4 Å². The van der Waals surface area contributed by atoms with Crippen LogP contribution in [0.2, 0.25) is 0 Å². The van der Waals surface area contributed by atoms with Gasteiger partial charge in [0.15, 0.2) is 0 Å². The summed E-state index contributed by atoms with van der Waals surface area (Å²) < 4.78 is 0. The molecule has 1 N–H and O–H groups in total. The maximum atomic E-state index is 4.61. The topological polar surface area (TPSA) is 24.9 Å². The molecule has 2 nitrogen and oxygen atoms in total. The van der Waals surface area contributed by atoms with E-state index in [0.717, 1.165) is 13.0 Å². The zero-order valence-corrected chi connectivity index (χ0v) is 10.1. The Bertz CT molecular complexity index is 490. The Balaban J connectivity index is 2.05. The van der Waals surface area contributed by atoms with Crippen LogP contribution in [0.25, 0.3) is 0 Å². The zero-order chi connectivity index (χ0) is 11.0. The van der Waals surface area contributed by atoms with Crippen molar-refractivity contribution in [1.29, 1.82) is 0 Å². The summed E-state index contributed by atoms with van der Waals surface area (Å²) in [6.45, 7) is 3.11. The minimum Gasteiger partial charge on any atom is -0.305 e. The summed E-state index contributed by atoms with van der Waals surface area (Å²) in [6.07, 6.45) is 1.06. The second-order valence-electron chi connectivity index (χ2n) is 4.09. The lowest BCUT2D eigenvalue weighted by atomic mass is 10.0. The minimum absolute atomic E-state index is 0.344. The van der Waals surface area contributed by atoms with E-state index < -0.39 is 0 Å². The van der Waals surface area contributed by atoms with Crippen LogP contribution in [0, 0.1) is 6.92 Å². The molecule has 1 aromatic heterocycles. The van der Waals surface area contributed by atoms with Gasteiger partial charge in [-0.1, -0.05) is 30.3 Å². The van der Waals surface area contributed by atoms with Crippen molar-refractivity contribution in [2.24, 2.45) is 0 Å². The average molecular weight is 230 g/mol. The van der Waals surface area contributed by atoms with Crippen molar-refractivity contribution >= 4 is 11.3 Å². The van der Waals surface area contributed by atoms with Crippen molar-refractivity contribution in [3.63, 3.8) is 0 Å². The van der Waals surface area contributed by atoms with Gasteiger partial charge >= 0.3 is 0 Å². The Morgan fingerprint density at radius 1 is 1.31 bits per heavy atom. The molecule has 1 aliphatic heterocycles. The summed E-state index contributed by atoms with van der Waals surface area (Å²) in [6, 6.07) is 11.0. The van der Waals surface area contributed by atoms with E-state index in [1.807, 2.05) is 11.3 Å². The van der Waals surface area contributed by atoms with Crippen LogP contribution in [0.3, 0.4) is 0 Å². The smallest absolute Gasteiger partial charge is 0.0900 e. The number of hydrogen-bond donors (Lipinski definition) is 1. The molecule has 0 bridgehead atoms. The number of thiazole rings is 1. The third-order valence-electron chi connectivity index (χ3n) is 2.94. The molecule has 2 aromatic rings. The van der Waals surface area contributed by atoms with Crippen LogP contribution in [-0.4, -0.2) is 11.5 Å². The predicted molar refractivity (Wildman–Crippen MR) is 66.8 cm³/mol. The summed E-state index contributed by atoms with van der Waals surface area (Å²) >= 11 is 1.82. The Morgan fingerprint density at radius 3 is 2.94 bits per heavy atom. The van der Waals surface area contributed by atoms with E-state index in [0.29, 0.717) is 6.04 Å². The lowest BCUT2D eigenvalue weighted by molar-refractivity contribution is 0.570. The van der Waals surface area contributed by atoms with E-state index in [1.54, 1.807) is 0 Å². The van der Waals surface area contributed by atoms with Crippen molar-refractivity contribution in [2.75, 3.05) is 6.54 Å². The molecule has 2 heterocycles. The molecule has 0 amide bonds. The molecule has 1 aromatic carbocycles. The third kappa shape index (κ3) is 1.66. The fraction of sp³-hybridized carbons (Fsp3) is 0.308. The highest BCUT2D eigenvalue weighted by molar-refractivity contribution is 7.11. The highest BCUT2D eigenvalue weighted by Crippen LogP contribution is 2.32. The van der Waals surface area contributed by atoms with E-state index in [4.69, 9.17) is 0 Å². The van der Waals surface area contributed by atoms with Crippen molar-refractivity contribution < 1.29 is 0 Å². The van der Waals surface area contributed by atoms with Gasteiger partial charge in [0.2, 0.25) is 0 Å². The van der Waals surface area contributed by atoms with Gasteiger partial charge in [0.1, 0.15) is 0 Å². The molecule has 0 fully saturated rings. The highest BCUT2D eigenvalue weighted by Gasteiger charge is 2.24. The number of rotatable bonds is 1. The largest absolute Gasteiger partial charge is 0.305 e. The van der Waals surface area contributed by atoms with Gasteiger partial charge in [-0.15, -0.1) is 11.3 Å². The monoisotopic (exact) mass is 230 g/mol. The molecule has 0 saturated heterocycles. The third-order valence-corrected chi connectivity index (χ3v) is 4.02. The number of aryl methyl sites for hydroxylation is 1. The second kappa shape index (κ2) is 4.00. The van der Waals surface area contributed by atoms with Crippen molar-refractivity contribution in [3.05, 3.63) is 51.5 Å². The van der Waals surface area contributed by atoms with E-state index in [1.165, 1.54) is 21.1 Å². The van der Waals surface area contributed by atoms with Gasteiger partial charge in [-0.3, -0.25) is 0 Å². The number of hydrogen-bond acceptors (Lipinski definition) is 3. The molecule has 0 saturated carbocycles. The van der Waals surface area contributed by atoms with Crippen molar-refractivity contribution in [1.82, 2.24) is 10.3 Å². The molecule has 0 spiro atoms. The summed E-state index contributed by atoms with van der Waals surface area (Å²) in [4.78, 5) is 6.00. The summed E-state index contributed by atoms with van der Waals surface area (Å²) in [5, 5.41) is 4.75. The van der Waals surface area contributed by atoms with Crippen LogP contribution in [0.4, 0.5) is 0 Å². The Hall–Kier alpha value is -1.19. The molecule has 3 heteroatoms. The molecule has 1 aliphatic rings. The SMILES string of the molecule is Cc1nc2c(s1)C(c1ccccc1)NCC2. The summed E-state index contributed by atoms with van der Waals surface area (Å²) in [5.41, 5.74) is 2.63. The molecule has 0 radical (unpaired) electrons. The van der Waals surface area contributed by atoms with E-state index in [-0.39, 0.29) is 0 Å². The van der Waals surface area contributed by atoms with Crippen LogP contribution in [0.5, 0.6) is 0 Å². The van der Waals surface area contributed by atoms with Gasteiger partial charge in [-0.25, -0.2) is 4.98 Å². The standard InChI is InChI=1S/C13H14N2S/c1-9-15-11-7-8-14-12(13(11)16-9)10-5-3-2-4-6-10/h2-6,12,14H,7-8H2,1H3. The van der Waals surface area contributed by atoms with Crippen LogP contribution in [0.15, 0.2) is 30.3 Å². The molecular formula is C13H14N2S. The van der Waals surface area contributed by atoms with Crippen molar-refractivity contribution in [2.45, 2.75) is 19.4 Å². The molecule has 0 aliphatic carbocycles. The normalized spacial score (nSPS) is 19.4. The van der Waals surface area contributed by atoms with E-state index >= 15 is 0 Å². The molecule has 1 unspecified atom stereocenters. The zero-order valence-electron chi connectivity index (χ0n) is 9.23. The first-order valence-electron chi connectivity index (χ1n) is 5.59. The van der Waals surface area contributed by atoms with E-state index in [2.05, 4.69) is 47.6 Å². The van der Waals surface area contributed by atoms with Gasteiger partial charge in [-0.05, 0) is 12.5 Å². The fourth-order valence-electron chi connectivity index (χ4n) is 2.23. The second-order valence-corrected chi connectivity index (χ2v) is 5.33. The van der Waals surface area contributed by atoms with Gasteiger partial charge in [0.05, 0.1) is 16.7 Å². The number of nitrogens with one attached hydrogen (secondary N) is 1. The lowest BCUT2D eigenvalue weighted by Gasteiger charge is -2.23. The number of aromatic nitrogens is 1.